The topological polar surface area (TPSA) is 40.6 Å². The van der Waals surface area contributed by atoms with Crippen LogP contribution in [0.2, 0.25) is 0 Å². The molecule has 1 aromatic rings. The minimum atomic E-state index is -3.45. The van der Waals surface area contributed by atoms with Gasteiger partial charge in [0.1, 0.15) is 0 Å². The van der Waals surface area contributed by atoms with Crippen LogP contribution in [0, 0.1) is 5.92 Å². The Hall–Kier alpha value is 0.0500. The molecule has 21 heavy (non-hydrogen) atoms. The van der Waals surface area contributed by atoms with Crippen LogP contribution in [0.25, 0.3) is 0 Å². The smallest absolute Gasteiger partial charge is 0.243 e. The molecule has 0 bridgehead atoms. The molecule has 0 radical (unpaired) electrons. The van der Waals surface area contributed by atoms with E-state index < -0.39 is 10.0 Å². The second kappa shape index (κ2) is 7.08. The second-order valence-corrected chi connectivity index (χ2v) is 9.39. The summed E-state index contributed by atoms with van der Waals surface area (Å²) in [6.45, 7) is 2.67. The number of hydrogen-bond acceptors (Lipinski definition) is 3. The summed E-state index contributed by atoms with van der Waals surface area (Å²) in [6, 6.07) is 5.14. The number of benzene rings is 1. The van der Waals surface area contributed by atoms with Gasteiger partial charge in [-0.2, -0.15) is 0 Å². The number of nitrogens with zero attached hydrogens (tertiary/aromatic N) is 2. The zero-order valence-electron chi connectivity index (χ0n) is 12.2. The minimum Gasteiger partial charge on any atom is -0.306 e. The Bertz CT molecular complexity index is 599. The van der Waals surface area contributed by atoms with Crippen LogP contribution in [0.3, 0.4) is 0 Å². The molecular formula is C14H20Br2N2O2S. The fraction of sp³-hybridized carbons (Fsp3) is 0.571. The first-order valence-corrected chi connectivity index (χ1v) is 9.93. The highest BCUT2D eigenvalue weighted by Crippen LogP contribution is 2.28. The Kier molecular flexibility index (Phi) is 5.87. The van der Waals surface area contributed by atoms with E-state index in [0.717, 1.165) is 30.4 Å². The number of likely N-dealkylation sites (tertiary alicyclic amines) is 1. The first-order chi connectivity index (χ1) is 9.80. The van der Waals surface area contributed by atoms with E-state index in [2.05, 4.69) is 43.8 Å². The average Bonchev–Trinajstić information content (AvgIpc) is 2.40. The van der Waals surface area contributed by atoms with Crippen molar-refractivity contribution in [1.82, 2.24) is 9.21 Å². The maximum Gasteiger partial charge on any atom is 0.243 e. The Labute approximate surface area is 143 Å². The maximum absolute atomic E-state index is 12.7. The molecule has 0 N–H and O–H groups in total. The van der Waals surface area contributed by atoms with Crippen molar-refractivity contribution in [2.45, 2.75) is 17.7 Å². The fourth-order valence-electron chi connectivity index (χ4n) is 2.56. The summed E-state index contributed by atoms with van der Waals surface area (Å²) < 4.78 is 28.3. The van der Waals surface area contributed by atoms with Gasteiger partial charge in [0.05, 0.1) is 4.90 Å². The normalized spacial score (nSPS) is 18.3. The first-order valence-electron chi connectivity index (χ1n) is 6.90. The van der Waals surface area contributed by atoms with Crippen LogP contribution in [0.4, 0.5) is 0 Å². The van der Waals surface area contributed by atoms with Gasteiger partial charge in [-0.1, -0.05) is 15.9 Å². The molecule has 0 saturated carbocycles. The first kappa shape index (κ1) is 17.4. The van der Waals surface area contributed by atoms with Crippen molar-refractivity contribution >= 4 is 41.9 Å². The average molecular weight is 440 g/mol. The lowest BCUT2D eigenvalue weighted by Crippen LogP contribution is -2.38. The van der Waals surface area contributed by atoms with E-state index in [9.17, 15) is 8.42 Å². The summed E-state index contributed by atoms with van der Waals surface area (Å²) in [5.74, 6) is 0.440. The van der Waals surface area contributed by atoms with Crippen LogP contribution >= 0.6 is 31.9 Å². The number of rotatable bonds is 4. The zero-order chi connectivity index (χ0) is 15.6. The highest BCUT2D eigenvalue weighted by atomic mass is 79.9. The molecule has 4 nitrogen and oxygen atoms in total. The van der Waals surface area contributed by atoms with Gasteiger partial charge in [-0.05, 0) is 73.0 Å². The van der Waals surface area contributed by atoms with Crippen molar-refractivity contribution in [3.05, 3.63) is 27.1 Å². The standard InChI is InChI=1S/C14H20Br2N2O2S/c1-17-7-5-11(6-8-17)10-18(2)21(19,20)14-4-3-12(15)9-13(14)16/h3-4,9,11H,5-8,10H2,1-2H3. The van der Waals surface area contributed by atoms with E-state index >= 15 is 0 Å². The molecule has 1 fully saturated rings. The summed E-state index contributed by atoms with van der Waals surface area (Å²) in [4.78, 5) is 2.61. The number of halogens is 2. The minimum absolute atomic E-state index is 0.320. The Morgan fingerprint density at radius 2 is 1.90 bits per heavy atom. The molecule has 1 aliphatic heterocycles. The van der Waals surface area contributed by atoms with Crippen LogP contribution in [0.15, 0.2) is 32.0 Å². The zero-order valence-corrected chi connectivity index (χ0v) is 16.2. The van der Waals surface area contributed by atoms with E-state index in [0.29, 0.717) is 21.8 Å². The van der Waals surface area contributed by atoms with Crippen LogP contribution in [-0.4, -0.2) is 51.4 Å². The molecule has 0 amide bonds. The van der Waals surface area contributed by atoms with E-state index in [1.54, 1.807) is 25.2 Å². The lowest BCUT2D eigenvalue weighted by molar-refractivity contribution is 0.202. The van der Waals surface area contributed by atoms with Crippen LogP contribution in [0.5, 0.6) is 0 Å². The Morgan fingerprint density at radius 1 is 1.29 bits per heavy atom. The molecular weight excluding hydrogens is 420 g/mol. The van der Waals surface area contributed by atoms with Gasteiger partial charge < -0.3 is 4.90 Å². The highest BCUT2D eigenvalue weighted by Gasteiger charge is 2.27. The largest absolute Gasteiger partial charge is 0.306 e. The summed E-state index contributed by atoms with van der Waals surface area (Å²) >= 11 is 6.68. The lowest BCUT2D eigenvalue weighted by Gasteiger charge is -2.31. The summed E-state index contributed by atoms with van der Waals surface area (Å²) in [6.07, 6.45) is 2.11. The SMILES string of the molecule is CN1CCC(CN(C)S(=O)(=O)c2ccc(Br)cc2Br)CC1. The van der Waals surface area contributed by atoms with E-state index in [1.807, 2.05) is 0 Å². The van der Waals surface area contributed by atoms with Crippen LogP contribution in [-0.2, 0) is 10.0 Å². The van der Waals surface area contributed by atoms with Gasteiger partial charge in [-0.25, -0.2) is 12.7 Å². The predicted octanol–water partition coefficient (Wildman–Crippen LogP) is 3.17. The third-order valence-corrected chi connectivity index (χ3v) is 7.23. The molecule has 0 atom stereocenters. The molecule has 7 heteroatoms. The summed E-state index contributed by atoms with van der Waals surface area (Å²) in [7, 11) is 0.328. The molecule has 1 saturated heterocycles. The summed E-state index contributed by atoms with van der Waals surface area (Å²) in [5, 5.41) is 0. The molecule has 118 valence electrons. The predicted molar refractivity (Wildman–Crippen MR) is 91.9 cm³/mol. The fourth-order valence-corrected chi connectivity index (χ4v) is 5.51. The molecule has 2 rings (SSSR count). The van der Waals surface area contributed by atoms with Gasteiger partial charge >= 0.3 is 0 Å². The van der Waals surface area contributed by atoms with E-state index in [-0.39, 0.29) is 0 Å². The number of sulfonamides is 1. The van der Waals surface area contributed by atoms with Gasteiger partial charge in [-0.15, -0.1) is 0 Å². The van der Waals surface area contributed by atoms with Gasteiger partial charge in [0.15, 0.2) is 0 Å². The van der Waals surface area contributed by atoms with Crippen molar-refractivity contribution in [2.24, 2.45) is 5.92 Å². The lowest BCUT2D eigenvalue weighted by atomic mass is 9.97. The van der Waals surface area contributed by atoms with Crippen LogP contribution < -0.4 is 0 Å². The van der Waals surface area contributed by atoms with E-state index in [1.165, 1.54) is 4.31 Å². The van der Waals surface area contributed by atoms with Crippen molar-refractivity contribution in [3.63, 3.8) is 0 Å². The van der Waals surface area contributed by atoms with Crippen molar-refractivity contribution < 1.29 is 8.42 Å². The molecule has 1 aromatic carbocycles. The van der Waals surface area contributed by atoms with Gasteiger partial charge in [0.2, 0.25) is 10.0 Å². The Balaban J connectivity index is 2.11. The third-order valence-electron chi connectivity index (χ3n) is 3.94. The quantitative estimate of drug-likeness (QED) is 0.723. The second-order valence-electron chi connectivity index (χ2n) is 5.61. The van der Waals surface area contributed by atoms with Gasteiger partial charge in [-0.3, -0.25) is 0 Å². The summed E-state index contributed by atoms with van der Waals surface area (Å²) in [5.41, 5.74) is 0. The van der Waals surface area contributed by atoms with Crippen molar-refractivity contribution in [3.8, 4) is 0 Å². The van der Waals surface area contributed by atoms with Crippen molar-refractivity contribution in [1.29, 1.82) is 0 Å². The molecule has 0 unspecified atom stereocenters. The number of hydrogen-bond donors (Lipinski definition) is 0. The monoisotopic (exact) mass is 438 g/mol. The van der Waals surface area contributed by atoms with Crippen LogP contribution in [0.1, 0.15) is 12.8 Å². The van der Waals surface area contributed by atoms with Gasteiger partial charge in [0.25, 0.3) is 0 Å². The molecule has 0 aromatic heterocycles. The molecule has 0 spiro atoms. The van der Waals surface area contributed by atoms with E-state index in [4.69, 9.17) is 0 Å². The maximum atomic E-state index is 12.7. The molecule has 1 heterocycles. The van der Waals surface area contributed by atoms with Gasteiger partial charge in [0, 0.05) is 22.5 Å². The highest BCUT2D eigenvalue weighted by molar-refractivity contribution is 9.11. The number of piperidine rings is 1. The molecule has 1 aliphatic rings. The Morgan fingerprint density at radius 3 is 2.48 bits per heavy atom. The van der Waals surface area contributed by atoms with Crippen molar-refractivity contribution in [2.75, 3.05) is 33.7 Å². The third kappa shape index (κ3) is 4.28. The molecule has 0 aliphatic carbocycles.